The molecule has 0 saturated heterocycles. The monoisotopic (exact) mass is 274 g/mol. The fourth-order valence-electron chi connectivity index (χ4n) is 2.04. The Kier molecular flexibility index (Phi) is 3.82. The van der Waals surface area contributed by atoms with Gasteiger partial charge in [0.05, 0.1) is 0 Å². The number of hydrogen-bond donors (Lipinski definition) is 1. The van der Waals surface area contributed by atoms with Gasteiger partial charge in [0.2, 0.25) is 5.95 Å². The first-order valence-electron chi connectivity index (χ1n) is 6.25. The van der Waals surface area contributed by atoms with Crippen LogP contribution in [0.1, 0.15) is 25.0 Å². The van der Waals surface area contributed by atoms with Gasteiger partial charge in [0.15, 0.2) is 5.69 Å². The lowest BCUT2D eigenvalue weighted by Crippen LogP contribution is -2.30. The summed E-state index contributed by atoms with van der Waals surface area (Å²) in [6.45, 7) is 0.734. The van der Waals surface area contributed by atoms with Crippen molar-refractivity contribution in [3.05, 3.63) is 11.8 Å². The van der Waals surface area contributed by atoms with Gasteiger partial charge in [-0.15, -0.1) is 0 Å². The molecule has 1 aliphatic rings. The van der Waals surface area contributed by atoms with Crippen LogP contribution < -0.4 is 10.2 Å². The second kappa shape index (κ2) is 5.22. The highest BCUT2D eigenvalue weighted by molar-refractivity contribution is 5.44. The highest BCUT2D eigenvalue weighted by Crippen LogP contribution is 2.32. The number of alkyl halides is 3. The summed E-state index contributed by atoms with van der Waals surface area (Å²) >= 11 is 0. The molecule has 0 amide bonds. The van der Waals surface area contributed by atoms with E-state index in [4.69, 9.17) is 0 Å². The lowest BCUT2D eigenvalue weighted by atomic mass is 9.85. The van der Waals surface area contributed by atoms with E-state index in [1.165, 1.54) is 13.5 Å². The van der Waals surface area contributed by atoms with Crippen molar-refractivity contribution >= 4 is 11.8 Å². The molecule has 1 N–H and O–H groups in total. The van der Waals surface area contributed by atoms with Crippen LogP contribution in [0.25, 0.3) is 0 Å². The average Bonchev–Trinajstić information content (AvgIpc) is 2.31. The molecule has 0 bridgehead atoms. The van der Waals surface area contributed by atoms with Crippen LogP contribution in [0.2, 0.25) is 0 Å². The average molecular weight is 274 g/mol. The molecule has 1 aromatic heterocycles. The Morgan fingerprint density at radius 1 is 1.37 bits per heavy atom. The van der Waals surface area contributed by atoms with Crippen LogP contribution in [0.5, 0.6) is 0 Å². The van der Waals surface area contributed by atoms with E-state index in [0.717, 1.165) is 25.5 Å². The molecule has 0 radical (unpaired) electrons. The van der Waals surface area contributed by atoms with Crippen molar-refractivity contribution in [3.8, 4) is 0 Å². The summed E-state index contributed by atoms with van der Waals surface area (Å²) in [6, 6.07) is 1.000. The van der Waals surface area contributed by atoms with Crippen LogP contribution in [-0.4, -0.2) is 30.6 Å². The predicted octanol–water partition coefficient (Wildman–Crippen LogP) is 2.77. The molecule has 1 fully saturated rings. The van der Waals surface area contributed by atoms with Crippen LogP contribution in [-0.2, 0) is 6.18 Å². The zero-order valence-electron chi connectivity index (χ0n) is 11.0. The lowest BCUT2D eigenvalue weighted by molar-refractivity contribution is -0.141. The molecule has 7 heteroatoms. The van der Waals surface area contributed by atoms with E-state index in [9.17, 15) is 13.2 Å². The zero-order chi connectivity index (χ0) is 14.0. The summed E-state index contributed by atoms with van der Waals surface area (Å²) in [6.07, 6.45) is -0.973. The molecule has 1 aromatic rings. The van der Waals surface area contributed by atoms with E-state index in [-0.39, 0.29) is 5.95 Å². The molecule has 0 spiro atoms. The molecule has 0 unspecified atom stereocenters. The van der Waals surface area contributed by atoms with Crippen molar-refractivity contribution in [3.63, 3.8) is 0 Å². The van der Waals surface area contributed by atoms with Gasteiger partial charge in [0, 0.05) is 26.7 Å². The maximum absolute atomic E-state index is 12.8. The maximum Gasteiger partial charge on any atom is 0.433 e. The summed E-state index contributed by atoms with van der Waals surface area (Å²) in [7, 11) is 3.27. The van der Waals surface area contributed by atoms with Gasteiger partial charge in [-0.2, -0.15) is 18.2 Å². The SMILES string of the molecule is CNc1nc(N(C)CC2CCC2)cc(C(F)(F)F)n1. The topological polar surface area (TPSA) is 41.1 Å². The van der Waals surface area contributed by atoms with Gasteiger partial charge in [0.1, 0.15) is 5.82 Å². The Bertz CT molecular complexity index is 443. The second-order valence-electron chi connectivity index (χ2n) is 4.86. The lowest BCUT2D eigenvalue weighted by Gasteiger charge is -2.30. The fourth-order valence-corrected chi connectivity index (χ4v) is 2.04. The molecule has 1 saturated carbocycles. The minimum atomic E-state index is -4.46. The molecule has 106 valence electrons. The molecular weight excluding hydrogens is 257 g/mol. The molecular formula is C12H17F3N4. The largest absolute Gasteiger partial charge is 0.433 e. The van der Waals surface area contributed by atoms with E-state index in [2.05, 4.69) is 15.3 Å². The Balaban J connectivity index is 2.22. The van der Waals surface area contributed by atoms with Crippen LogP contribution in [0, 0.1) is 5.92 Å². The normalized spacial score (nSPS) is 16.1. The number of nitrogens with one attached hydrogen (secondary N) is 1. The first-order chi connectivity index (χ1) is 8.90. The van der Waals surface area contributed by atoms with E-state index >= 15 is 0 Å². The molecule has 0 aromatic carbocycles. The van der Waals surface area contributed by atoms with E-state index in [0.29, 0.717) is 11.7 Å². The first-order valence-corrected chi connectivity index (χ1v) is 6.25. The van der Waals surface area contributed by atoms with Gasteiger partial charge in [-0.05, 0) is 18.8 Å². The third-order valence-electron chi connectivity index (χ3n) is 3.37. The molecule has 1 aliphatic carbocycles. The van der Waals surface area contributed by atoms with Crippen LogP contribution >= 0.6 is 0 Å². The molecule has 19 heavy (non-hydrogen) atoms. The van der Waals surface area contributed by atoms with Crippen molar-refractivity contribution in [2.75, 3.05) is 30.9 Å². The van der Waals surface area contributed by atoms with Crippen molar-refractivity contribution in [1.82, 2.24) is 9.97 Å². The van der Waals surface area contributed by atoms with E-state index in [1.54, 1.807) is 11.9 Å². The summed E-state index contributed by atoms with van der Waals surface area (Å²) < 4.78 is 38.3. The number of nitrogens with zero attached hydrogens (tertiary/aromatic N) is 3. The highest BCUT2D eigenvalue weighted by Gasteiger charge is 2.34. The van der Waals surface area contributed by atoms with Gasteiger partial charge in [-0.1, -0.05) is 6.42 Å². The summed E-state index contributed by atoms with van der Waals surface area (Å²) in [5.41, 5.74) is -0.915. The van der Waals surface area contributed by atoms with Gasteiger partial charge < -0.3 is 10.2 Å². The Morgan fingerprint density at radius 3 is 2.53 bits per heavy atom. The van der Waals surface area contributed by atoms with Crippen molar-refractivity contribution in [2.24, 2.45) is 5.92 Å². The Labute approximate surface area is 110 Å². The van der Waals surface area contributed by atoms with E-state index in [1.807, 2.05) is 0 Å². The molecule has 1 heterocycles. The standard InChI is InChI=1S/C12H17F3N4/c1-16-11-17-9(12(13,14)15)6-10(18-11)19(2)7-8-4-3-5-8/h6,8H,3-5,7H2,1-2H3,(H,16,17,18). The number of rotatable bonds is 4. The minimum absolute atomic E-state index is 0.00900. The van der Waals surface area contributed by atoms with Crippen molar-refractivity contribution in [1.29, 1.82) is 0 Å². The Morgan fingerprint density at radius 2 is 2.05 bits per heavy atom. The second-order valence-corrected chi connectivity index (χ2v) is 4.86. The van der Waals surface area contributed by atoms with Crippen molar-refractivity contribution in [2.45, 2.75) is 25.4 Å². The number of halogens is 3. The van der Waals surface area contributed by atoms with Gasteiger partial charge >= 0.3 is 6.18 Å². The van der Waals surface area contributed by atoms with Crippen LogP contribution in [0.3, 0.4) is 0 Å². The third kappa shape index (κ3) is 3.27. The van der Waals surface area contributed by atoms with E-state index < -0.39 is 11.9 Å². The number of anilines is 2. The summed E-state index contributed by atoms with van der Waals surface area (Å²) in [4.78, 5) is 9.29. The van der Waals surface area contributed by atoms with Gasteiger partial charge in [0.25, 0.3) is 0 Å². The summed E-state index contributed by atoms with van der Waals surface area (Å²) in [5, 5.41) is 2.57. The minimum Gasteiger partial charge on any atom is -0.359 e. The first kappa shape index (κ1) is 13.9. The van der Waals surface area contributed by atoms with Crippen molar-refractivity contribution < 1.29 is 13.2 Å². The quantitative estimate of drug-likeness (QED) is 0.916. The van der Waals surface area contributed by atoms with Crippen LogP contribution in [0.15, 0.2) is 6.07 Å². The fraction of sp³-hybridized carbons (Fsp3) is 0.667. The van der Waals surface area contributed by atoms with Gasteiger partial charge in [-0.3, -0.25) is 0 Å². The zero-order valence-corrected chi connectivity index (χ0v) is 11.0. The third-order valence-corrected chi connectivity index (χ3v) is 3.37. The molecule has 0 aliphatic heterocycles. The highest BCUT2D eigenvalue weighted by atomic mass is 19.4. The summed E-state index contributed by atoms with van der Waals surface area (Å²) in [5.74, 6) is 0.858. The Hall–Kier alpha value is -1.53. The van der Waals surface area contributed by atoms with Gasteiger partial charge in [-0.25, -0.2) is 4.98 Å². The molecule has 0 atom stereocenters. The smallest absolute Gasteiger partial charge is 0.359 e. The maximum atomic E-state index is 12.8. The number of aromatic nitrogens is 2. The molecule has 4 nitrogen and oxygen atoms in total. The molecule has 2 rings (SSSR count). The number of hydrogen-bond acceptors (Lipinski definition) is 4. The van der Waals surface area contributed by atoms with Crippen LogP contribution in [0.4, 0.5) is 24.9 Å². The predicted molar refractivity (Wildman–Crippen MR) is 67.2 cm³/mol.